The number of carbonyl (C=O) groups is 2. The largest absolute Gasteiger partial charge is 0.469 e. The van der Waals surface area contributed by atoms with Gasteiger partial charge in [-0.15, -0.1) is 0 Å². The number of nitrogens with zero attached hydrogens (tertiary/aromatic N) is 2. The zero-order valence-corrected chi connectivity index (χ0v) is 18.0. The Morgan fingerprint density at radius 1 is 1.23 bits per heavy atom. The number of piperidine rings is 1. The van der Waals surface area contributed by atoms with Crippen LogP contribution >= 0.6 is 0 Å². The van der Waals surface area contributed by atoms with Gasteiger partial charge < -0.3 is 24.3 Å². The number of methoxy groups -OCH3 is 1. The summed E-state index contributed by atoms with van der Waals surface area (Å²) in [5, 5.41) is 3.88. The molecule has 1 N–H and O–H groups in total. The van der Waals surface area contributed by atoms with Crippen molar-refractivity contribution in [2.24, 2.45) is 0 Å². The standard InChI is InChI=1S/C22H30FN3O4/c1-22(2,3)30-21(28)25-10-7-16(8-11-25)26-12-6-15-13-18(17(23)14-19(15)26)24-9-5-20(27)29-4/h6,12-14,16,24H,5,7-11H2,1-4H3. The Bertz CT molecular complexity index is 911. The number of benzene rings is 1. The quantitative estimate of drug-likeness (QED) is 0.731. The second-order valence-corrected chi connectivity index (χ2v) is 8.57. The van der Waals surface area contributed by atoms with Crippen LogP contribution in [0.5, 0.6) is 0 Å². The molecule has 0 bridgehead atoms. The van der Waals surface area contributed by atoms with Crippen LogP contribution in [0.2, 0.25) is 0 Å². The Morgan fingerprint density at radius 3 is 2.57 bits per heavy atom. The normalized spacial score (nSPS) is 15.3. The first-order valence-electron chi connectivity index (χ1n) is 10.3. The van der Waals surface area contributed by atoms with Crippen molar-refractivity contribution in [2.75, 3.05) is 32.1 Å². The highest BCUT2D eigenvalue weighted by atomic mass is 19.1. The van der Waals surface area contributed by atoms with Crippen LogP contribution in [0.4, 0.5) is 14.9 Å². The highest BCUT2D eigenvalue weighted by molar-refractivity contribution is 5.84. The molecule has 2 aromatic rings. The molecule has 1 fully saturated rings. The van der Waals surface area contributed by atoms with Gasteiger partial charge >= 0.3 is 12.1 Å². The predicted molar refractivity (Wildman–Crippen MR) is 113 cm³/mol. The van der Waals surface area contributed by atoms with E-state index in [2.05, 4.69) is 14.6 Å². The third-order valence-electron chi connectivity index (χ3n) is 5.19. The molecule has 3 rings (SSSR count). The fourth-order valence-electron chi connectivity index (χ4n) is 3.69. The summed E-state index contributed by atoms with van der Waals surface area (Å²) in [7, 11) is 1.33. The fourth-order valence-corrected chi connectivity index (χ4v) is 3.69. The molecule has 0 unspecified atom stereocenters. The van der Waals surface area contributed by atoms with E-state index in [1.54, 1.807) is 11.0 Å². The van der Waals surface area contributed by atoms with E-state index < -0.39 is 5.60 Å². The molecule has 1 aromatic carbocycles. The number of aromatic nitrogens is 1. The van der Waals surface area contributed by atoms with E-state index in [-0.39, 0.29) is 30.3 Å². The van der Waals surface area contributed by atoms with Crippen molar-refractivity contribution in [2.45, 2.75) is 51.7 Å². The van der Waals surface area contributed by atoms with Crippen LogP contribution in [0.25, 0.3) is 10.9 Å². The van der Waals surface area contributed by atoms with E-state index in [0.717, 1.165) is 23.7 Å². The number of fused-ring (bicyclic) bond motifs is 1. The van der Waals surface area contributed by atoms with Crippen molar-refractivity contribution in [1.82, 2.24) is 9.47 Å². The minimum atomic E-state index is -0.509. The van der Waals surface area contributed by atoms with Crippen LogP contribution in [0.1, 0.15) is 46.1 Å². The summed E-state index contributed by atoms with van der Waals surface area (Å²) >= 11 is 0. The number of halogens is 1. The number of rotatable bonds is 5. The fraction of sp³-hybridized carbons (Fsp3) is 0.545. The van der Waals surface area contributed by atoms with Gasteiger partial charge in [-0.25, -0.2) is 9.18 Å². The Balaban J connectivity index is 1.66. The van der Waals surface area contributed by atoms with Crippen molar-refractivity contribution in [1.29, 1.82) is 0 Å². The minimum Gasteiger partial charge on any atom is -0.469 e. The monoisotopic (exact) mass is 419 g/mol. The maximum atomic E-state index is 14.6. The van der Waals surface area contributed by atoms with Crippen molar-refractivity contribution in [3.05, 3.63) is 30.2 Å². The lowest BCUT2D eigenvalue weighted by Crippen LogP contribution is -2.42. The summed E-state index contributed by atoms with van der Waals surface area (Å²) in [6.07, 6.45) is 3.42. The Kier molecular flexibility index (Phi) is 6.53. The summed E-state index contributed by atoms with van der Waals surface area (Å²) < 4.78 is 26.7. The second-order valence-electron chi connectivity index (χ2n) is 8.57. The molecule has 1 aliphatic rings. The first kappa shape index (κ1) is 21.9. The summed E-state index contributed by atoms with van der Waals surface area (Å²) in [4.78, 5) is 25.2. The summed E-state index contributed by atoms with van der Waals surface area (Å²) in [6, 6.07) is 5.43. The molecule has 7 nitrogen and oxygen atoms in total. The number of esters is 1. The molecular formula is C22H30FN3O4. The van der Waals surface area contributed by atoms with Crippen molar-refractivity contribution < 1.29 is 23.5 Å². The maximum absolute atomic E-state index is 14.6. The summed E-state index contributed by atoms with van der Waals surface area (Å²) in [6.45, 7) is 7.09. The molecule has 1 saturated heterocycles. The van der Waals surface area contributed by atoms with Crippen molar-refractivity contribution in [3.63, 3.8) is 0 Å². The molecule has 30 heavy (non-hydrogen) atoms. The van der Waals surface area contributed by atoms with Gasteiger partial charge in [-0.2, -0.15) is 0 Å². The number of ether oxygens (including phenoxy) is 2. The van der Waals surface area contributed by atoms with Crippen molar-refractivity contribution in [3.8, 4) is 0 Å². The second kappa shape index (κ2) is 8.93. The lowest BCUT2D eigenvalue weighted by atomic mass is 10.0. The Morgan fingerprint density at radius 2 is 1.93 bits per heavy atom. The number of nitrogens with one attached hydrogen (secondary N) is 1. The Labute approximate surface area is 176 Å². The van der Waals surface area contributed by atoms with E-state index in [9.17, 15) is 14.0 Å². The van der Waals surface area contributed by atoms with E-state index in [1.165, 1.54) is 13.2 Å². The zero-order chi connectivity index (χ0) is 21.9. The molecule has 1 amide bonds. The third kappa shape index (κ3) is 5.23. The van der Waals surface area contributed by atoms with Crippen LogP contribution in [0, 0.1) is 5.82 Å². The first-order valence-corrected chi connectivity index (χ1v) is 10.3. The van der Waals surface area contributed by atoms with E-state index in [1.807, 2.05) is 33.0 Å². The van der Waals surface area contributed by atoms with Gasteiger partial charge in [0.05, 0.1) is 24.7 Å². The van der Waals surface area contributed by atoms with Gasteiger partial charge in [-0.05, 0) is 45.7 Å². The van der Waals surface area contributed by atoms with Gasteiger partial charge in [-0.3, -0.25) is 4.79 Å². The average molecular weight is 419 g/mol. The summed E-state index contributed by atoms with van der Waals surface area (Å²) in [5.74, 6) is -0.702. The van der Waals surface area contributed by atoms with E-state index in [0.29, 0.717) is 25.3 Å². The molecule has 0 aliphatic carbocycles. The molecule has 0 spiro atoms. The molecule has 2 heterocycles. The average Bonchev–Trinajstić information content (AvgIpc) is 3.09. The van der Waals surface area contributed by atoms with Crippen LogP contribution in [-0.4, -0.2) is 53.9 Å². The lowest BCUT2D eigenvalue weighted by Gasteiger charge is -2.34. The SMILES string of the molecule is COC(=O)CCNc1cc2ccn(C3CCN(C(=O)OC(C)(C)C)CC3)c2cc1F. The van der Waals surface area contributed by atoms with Crippen molar-refractivity contribution >= 4 is 28.7 Å². The molecule has 8 heteroatoms. The van der Waals surface area contributed by atoms with E-state index >= 15 is 0 Å². The van der Waals surface area contributed by atoms with Gasteiger partial charge in [0, 0.05) is 43.3 Å². The zero-order valence-electron chi connectivity index (χ0n) is 18.0. The van der Waals surface area contributed by atoms with Crippen LogP contribution < -0.4 is 5.32 Å². The van der Waals surface area contributed by atoms with Crippen LogP contribution in [0.15, 0.2) is 24.4 Å². The molecule has 1 aromatic heterocycles. The highest BCUT2D eigenvalue weighted by Crippen LogP contribution is 2.31. The van der Waals surface area contributed by atoms with Gasteiger partial charge in [-0.1, -0.05) is 0 Å². The van der Waals surface area contributed by atoms with Gasteiger partial charge in [0.15, 0.2) is 0 Å². The molecule has 0 saturated carbocycles. The molecule has 1 aliphatic heterocycles. The third-order valence-corrected chi connectivity index (χ3v) is 5.19. The van der Waals surface area contributed by atoms with Gasteiger partial charge in [0.25, 0.3) is 0 Å². The number of amides is 1. The number of likely N-dealkylation sites (tertiary alicyclic amines) is 1. The van der Waals surface area contributed by atoms with Crippen LogP contribution in [-0.2, 0) is 14.3 Å². The number of anilines is 1. The van der Waals surface area contributed by atoms with Gasteiger partial charge in [0.2, 0.25) is 0 Å². The smallest absolute Gasteiger partial charge is 0.410 e. The lowest BCUT2D eigenvalue weighted by molar-refractivity contribution is -0.140. The number of carbonyl (C=O) groups excluding carboxylic acids is 2. The Hall–Kier alpha value is -2.77. The first-order chi connectivity index (χ1) is 14.2. The maximum Gasteiger partial charge on any atom is 0.410 e. The summed E-state index contributed by atoms with van der Waals surface area (Å²) in [5.41, 5.74) is 0.677. The van der Waals surface area contributed by atoms with E-state index in [4.69, 9.17) is 4.74 Å². The molecule has 0 atom stereocenters. The number of hydrogen-bond acceptors (Lipinski definition) is 5. The van der Waals surface area contributed by atoms with Crippen LogP contribution in [0.3, 0.4) is 0 Å². The molecule has 0 radical (unpaired) electrons. The molecular weight excluding hydrogens is 389 g/mol. The highest BCUT2D eigenvalue weighted by Gasteiger charge is 2.28. The van der Waals surface area contributed by atoms with Gasteiger partial charge in [0.1, 0.15) is 11.4 Å². The predicted octanol–water partition coefficient (Wildman–Crippen LogP) is 4.33. The number of hydrogen-bond donors (Lipinski definition) is 1. The topological polar surface area (TPSA) is 72.8 Å². The minimum absolute atomic E-state index is 0.172. The molecule has 164 valence electrons.